The van der Waals surface area contributed by atoms with Gasteiger partial charge in [-0.25, -0.2) is 4.79 Å². The lowest BCUT2D eigenvalue weighted by Crippen LogP contribution is -2.60. The van der Waals surface area contributed by atoms with Crippen LogP contribution in [0.4, 0.5) is 0 Å². The molecule has 0 unspecified atom stereocenters. The van der Waals surface area contributed by atoms with Gasteiger partial charge in [0, 0.05) is 38.0 Å². The molecule has 3 spiro atoms. The van der Waals surface area contributed by atoms with Gasteiger partial charge < -0.3 is 58.7 Å². The van der Waals surface area contributed by atoms with Crippen LogP contribution in [-0.2, 0) is 38.0 Å². The van der Waals surface area contributed by atoms with Gasteiger partial charge in [-0.3, -0.25) is 0 Å². The van der Waals surface area contributed by atoms with Crippen LogP contribution < -0.4 is 0 Å². The largest absolute Gasteiger partial charge is 0.479 e. The lowest BCUT2D eigenvalue weighted by Gasteiger charge is -2.50. The molecule has 7 heterocycles. The van der Waals surface area contributed by atoms with Gasteiger partial charge in [0.05, 0.1) is 43.2 Å². The van der Waals surface area contributed by atoms with Gasteiger partial charge in [0.2, 0.25) is 5.79 Å². The summed E-state index contributed by atoms with van der Waals surface area (Å²) in [5.41, 5.74) is -0.551. The van der Waals surface area contributed by atoms with Crippen molar-refractivity contribution in [2.45, 2.75) is 209 Å². The number of carboxylic acid groups (broad SMARTS) is 1. The molecule has 0 aromatic heterocycles. The van der Waals surface area contributed by atoms with Crippen LogP contribution in [0.3, 0.4) is 0 Å². The van der Waals surface area contributed by atoms with Crippen molar-refractivity contribution in [3.63, 3.8) is 0 Å². The second-order valence-corrected chi connectivity index (χ2v) is 18.9. The number of aliphatic hydroxyl groups is 4. The fourth-order valence-corrected chi connectivity index (χ4v) is 10.5. The van der Waals surface area contributed by atoms with Crippen LogP contribution in [0.15, 0.2) is 36.0 Å². The third-order valence-corrected chi connectivity index (χ3v) is 14.0. The van der Waals surface area contributed by atoms with E-state index in [1.54, 1.807) is 6.08 Å². The summed E-state index contributed by atoms with van der Waals surface area (Å²) >= 11 is 0. The maximum Gasteiger partial charge on any atom is 0.335 e. The molecule has 0 saturated carbocycles. The van der Waals surface area contributed by atoms with E-state index in [4.69, 9.17) is 33.2 Å². The molecule has 322 valence electrons. The van der Waals surface area contributed by atoms with Crippen LogP contribution in [0, 0.1) is 17.8 Å². The van der Waals surface area contributed by atoms with Crippen molar-refractivity contribution in [3.05, 3.63) is 36.0 Å². The highest BCUT2D eigenvalue weighted by Gasteiger charge is 2.55. The molecular formula is C44H68O13. The standard InChI is InChI=1S/C44H68O13/c1-25-21-34(55-44(23-25)35(46)12-11-31(54-44)24-41(6,50)40(48)49)26(2)9-10-30-14-18-43(53-30)19-15-33-39(57-43)36(47)29(5)38(52-33)32(45)22-28(4)37-27(3)13-17-42(56-37)16-7-8-20-51-42/h9-10,23,26-28,30-39,45-47,50H,5,7-8,11-22,24H2,1-4,6H3,(H,48,49)/b10-9+/t26-,27-,28+,30+,31+,32+,33-,34+,35-,36+,37+,38+,39-,41-,42+,43-,44-/m1/s1. The molecule has 6 fully saturated rings. The van der Waals surface area contributed by atoms with E-state index in [1.165, 1.54) is 6.92 Å². The minimum absolute atomic E-state index is 0.0423. The van der Waals surface area contributed by atoms with Gasteiger partial charge in [-0.15, -0.1) is 0 Å². The molecule has 0 aromatic carbocycles. The Hall–Kier alpha value is -1.75. The van der Waals surface area contributed by atoms with E-state index in [9.17, 15) is 30.3 Å². The second kappa shape index (κ2) is 17.0. The first-order valence-electron chi connectivity index (χ1n) is 21.7. The lowest BCUT2D eigenvalue weighted by atomic mass is 9.79. The van der Waals surface area contributed by atoms with Crippen LogP contribution >= 0.6 is 0 Å². The van der Waals surface area contributed by atoms with E-state index >= 15 is 0 Å². The number of hydrogen-bond acceptors (Lipinski definition) is 12. The molecule has 5 N–H and O–H groups in total. The number of ether oxygens (including phenoxy) is 7. The number of carboxylic acids is 1. The van der Waals surface area contributed by atoms with Gasteiger partial charge in [0.1, 0.15) is 24.4 Å². The van der Waals surface area contributed by atoms with Crippen molar-refractivity contribution in [2.75, 3.05) is 6.61 Å². The van der Waals surface area contributed by atoms with Crippen LogP contribution in [0.25, 0.3) is 0 Å². The fraction of sp³-hybridized carbons (Fsp3) is 0.841. The van der Waals surface area contributed by atoms with Crippen molar-refractivity contribution in [1.29, 1.82) is 0 Å². The highest BCUT2D eigenvalue weighted by molar-refractivity contribution is 5.76. The Balaban J connectivity index is 0.920. The monoisotopic (exact) mass is 804 g/mol. The van der Waals surface area contributed by atoms with Crippen molar-refractivity contribution in [1.82, 2.24) is 0 Å². The number of carbonyl (C=O) groups is 1. The van der Waals surface area contributed by atoms with Crippen molar-refractivity contribution in [3.8, 4) is 0 Å². The molecule has 7 rings (SSSR count). The molecule has 6 saturated heterocycles. The van der Waals surface area contributed by atoms with Gasteiger partial charge in [0.25, 0.3) is 0 Å². The van der Waals surface area contributed by atoms with Crippen molar-refractivity contribution < 1.29 is 63.5 Å². The maximum absolute atomic E-state index is 11.6. The van der Waals surface area contributed by atoms with Gasteiger partial charge in [-0.05, 0) is 95.1 Å². The molecule has 57 heavy (non-hydrogen) atoms. The molecule has 0 bridgehead atoms. The molecule has 0 aliphatic carbocycles. The summed E-state index contributed by atoms with van der Waals surface area (Å²) in [5.74, 6) is -3.82. The first-order valence-corrected chi connectivity index (χ1v) is 21.7. The molecule has 0 amide bonds. The molecular weight excluding hydrogens is 736 g/mol. The molecule has 17 atom stereocenters. The summed E-state index contributed by atoms with van der Waals surface area (Å²) < 4.78 is 45.2. The van der Waals surface area contributed by atoms with Crippen molar-refractivity contribution in [2.24, 2.45) is 17.8 Å². The Bertz CT molecular complexity index is 1510. The molecule has 0 radical (unpaired) electrons. The van der Waals surface area contributed by atoms with Gasteiger partial charge in [-0.2, -0.15) is 0 Å². The average Bonchev–Trinajstić information content (AvgIpc) is 3.56. The zero-order valence-corrected chi connectivity index (χ0v) is 34.6. The first-order chi connectivity index (χ1) is 26.9. The summed E-state index contributed by atoms with van der Waals surface area (Å²) in [6.07, 6.45) is 9.37. The van der Waals surface area contributed by atoms with E-state index in [1.807, 2.05) is 19.9 Å². The van der Waals surface area contributed by atoms with E-state index in [-0.39, 0.29) is 36.6 Å². The van der Waals surface area contributed by atoms with E-state index < -0.39 is 71.7 Å². The van der Waals surface area contributed by atoms with Gasteiger partial charge in [-0.1, -0.05) is 45.1 Å². The van der Waals surface area contributed by atoms with E-state index in [2.05, 4.69) is 26.5 Å². The normalized spacial score (nSPS) is 45.4. The number of aliphatic hydroxyl groups excluding tert-OH is 3. The number of hydrogen-bond donors (Lipinski definition) is 5. The van der Waals surface area contributed by atoms with Crippen LogP contribution in [-0.4, -0.2) is 122 Å². The SMILES string of the molecule is C=C1[C@H](O)[C@@H]2O[C@]3(CC[C@H](/C=C/[C@@H](C)[C@@H]4CC(C)=C[C@@]5(O[C@H](C[C@@](C)(O)C(=O)O)CC[C@H]5O)O4)O3)CC[C@H]2O[C@@H]1[C@@H](O)C[C@H](C)[C@H]1O[C@@]2(CCCCO2)CC[C@H]1C. The summed E-state index contributed by atoms with van der Waals surface area (Å²) in [7, 11) is 0. The smallest absolute Gasteiger partial charge is 0.335 e. The Kier molecular flexibility index (Phi) is 12.9. The third kappa shape index (κ3) is 9.15. The average molecular weight is 805 g/mol. The van der Waals surface area contributed by atoms with Crippen molar-refractivity contribution >= 4 is 5.97 Å². The molecule has 13 nitrogen and oxygen atoms in total. The predicted octanol–water partition coefficient (Wildman–Crippen LogP) is 5.21. The Labute approximate surface area is 337 Å². The predicted molar refractivity (Wildman–Crippen MR) is 208 cm³/mol. The molecule has 0 aromatic rings. The van der Waals surface area contributed by atoms with Crippen LogP contribution in [0.1, 0.15) is 125 Å². The zero-order chi connectivity index (χ0) is 40.9. The first kappa shape index (κ1) is 43.3. The summed E-state index contributed by atoms with van der Waals surface area (Å²) in [6.45, 7) is 14.5. The Morgan fingerprint density at radius 3 is 2.49 bits per heavy atom. The summed E-state index contributed by atoms with van der Waals surface area (Å²) in [5, 5.41) is 54.0. The quantitative estimate of drug-likeness (QED) is 0.182. The highest BCUT2D eigenvalue weighted by Crippen LogP contribution is 2.47. The minimum Gasteiger partial charge on any atom is -0.479 e. The topological polar surface area (TPSA) is 183 Å². The van der Waals surface area contributed by atoms with Crippen LogP contribution in [0.2, 0.25) is 0 Å². The Morgan fingerprint density at radius 1 is 1.00 bits per heavy atom. The number of rotatable bonds is 10. The molecule has 13 heteroatoms. The summed E-state index contributed by atoms with van der Waals surface area (Å²) in [4.78, 5) is 11.6. The third-order valence-electron chi connectivity index (χ3n) is 14.0. The lowest BCUT2D eigenvalue weighted by molar-refractivity contribution is -0.321. The van der Waals surface area contributed by atoms with Gasteiger partial charge >= 0.3 is 5.97 Å². The van der Waals surface area contributed by atoms with E-state index in [0.717, 1.165) is 50.7 Å². The Morgan fingerprint density at radius 2 is 1.75 bits per heavy atom. The van der Waals surface area contributed by atoms with Gasteiger partial charge in [0.15, 0.2) is 17.2 Å². The number of aliphatic carboxylic acids is 1. The maximum atomic E-state index is 11.6. The molecule has 7 aliphatic heterocycles. The summed E-state index contributed by atoms with van der Waals surface area (Å²) in [6, 6.07) is 0. The highest BCUT2D eigenvalue weighted by atomic mass is 16.7. The molecule has 7 aliphatic rings. The van der Waals surface area contributed by atoms with Crippen LogP contribution in [0.5, 0.6) is 0 Å². The van der Waals surface area contributed by atoms with E-state index in [0.29, 0.717) is 56.4 Å². The fourth-order valence-electron chi connectivity index (χ4n) is 10.5. The second-order valence-electron chi connectivity index (χ2n) is 18.9. The zero-order valence-electron chi connectivity index (χ0n) is 34.6. The minimum atomic E-state index is -1.96. The number of fused-ring (bicyclic) bond motifs is 1.